The summed E-state index contributed by atoms with van der Waals surface area (Å²) in [6.45, 7) is 3.33. The van der Waals surface area contributed by atoms with E-state index in [1.54, 1.807) is 18.4 Å². The van der Waals surface area contributed by atoms with Gasteiger partial charge in [-0.15, -0.1) is 0 Å². The first-order valence-electron chi connectivity index (χ1n) is 6.41. The van der Waals surface area contributed by atoms with Gasteiger partial charge in [0.25, 0.3) is 0 Å². The Morgan fingerprint density at radius 3 is 2.80 bits per heavy atom. The molecule has 0 bridgehead atoms. The fraction of sp³-hybridized carbons (Fsp3) is 0.267. The molecule has 2 N–H and O–H groups in total. The standard InChI is InChI=1S/C15H18N2O3/c1-3-17(10-12-5-4-8-20-12)14-7-6-11(16)9-13(14)15(18)19-2/h4-9H,3,10,16H2,1-2H3. The predicted molar refractivity (Wildman–Crippen MR) is 77.6 cm³/mol. The smallest absolute Gasteiger partial charge is 0.340 e. The number of furan rings is 1. The average Bonchev–Trinajstić information content (AvgIpc) is 2.97. The maximum absolute atomic E-state index is 11.9. The minimum Gasteiger partial charge on any atom is -0.467 e. The summed E-state index contributed by atoms with van der Waals surface area (Å²) in [6, 6.07) is 8.97. The number of anilines is 2. The molecule has 0 fully saturated rings. The summed E-state index contributed by atoms with van der Waals surface area (Å²) in [7, 11) is 1.36. The van der Waals surface area contributed by atoms with Gasteiger partial charge >= 0.3 is 5.97 Å². The van der Waals surface area contributed by atoms with Gasteiger partial charge < -0.3 is 19.8 Å². The maximum Gasteiger partial charge on any atom is 0.340 e. The van der Waals surface area contributed by atoms with Crippen molar-refractivity contribution < 1.29 is 13.9 Å². The van der Waals surface area contributed by atoms with Gasteiger partial charge in [0.1, 0.15) is 5.76 Å². The molecule has 0 radical (unpaired) electrons. The Morgan fingerprint density at radius 1 is 1.40 bits per heavy atom. The molecule has 1 heterocycles. The SMILES string of the molecule is CCN(Cc1ccco1)c1ccc(N)cc1C(=O)OC. The number of methoxy groups -OCH3 is 1. The van der Waals surface area contributed by atoms with Crippen LogP contribution in [0, 0.1) is 0 Å². The Morgan fingerprint density at radius 2 is 2.20 bits per heavy atom. The van der Waals surface area contributed by atoms with Gasteiger partial charge in [0.05, 0.1) is 31.2 Å². The number of carbonyl (C=O) groups is 1. The third kappa shape index (κ3) is 2.93. The number of rotatable bonds is 5. The van der Waals surface area contributed by atoms with Crippen molar-refractivity contribution in [3.63, 3.8) is 0 Å². The van der Waals surface area contributed by atoms with Crippen LogP contribution in [0.3, 0.4) is 0 Å². The summed E-state index contributed by atoms with van der Waals surface area (Å²) in [5, 5.41) is 0. The molecule has 0 aliphatic carbocycles. The quantitative estimate of drug-likeness (QED) is 0.670. The first-order valence-corrected chi connectivity index (χ1v) is 6.41. The fourth-order valence-electron chi connectivity index (χ4n) is 2.06. The monoisotopic (exact) mass is 274 g/mol. The Labute approximate surface area is 117 Å². The van der Waals surface area contributed by atoms with Gasteiger partial charge in [-0.3, -0.25) is 0 Å². The molecule has 0 amide bonds. The van der Waals surface area contributed by atoms with Crippen LogP contribution in [0.25, 0.3) is 0 Å². The Balaban J connectivity index is 2.35. The van der Waals surface area contributed by atoms with Gasteiger partial charge in [-0.05, 0) is 37.3 Å². The molecule has 0 saturated heterocycles. The lowest BCUT2D eigenvalue weighted by Crippen LogP contribution is -2.24. The Hall–Kier alpha value is -2.43. The zero-order valence-corrected chi connectivity index (χ0v) is 11.6. The van der Waals surface area contributed by atoms with E-state index in [4.69, 9.17) is 14.9 Å². The lowest BCUT2D eigenvalue weighted by Gasteiger charge is -2.24. The van der Waals surface area contributed by atoms with Gasteiger partial charge in [-0.25, -0.2) is 4.79 Å². The number of carbonyl (C=O) groups excluding carboxylic acids is 1. The summed E-state index contributed by atoms with van der Waals surface area (Å²) in [5.74, 6) is 0.435. The van der Waals surface area contributed by atoms with Crippen molar-refractivity contribution in [3.8, 4) is 0 Å². The van der Waals surface area contributed by atoms with E-state index < -0.39 is 5.97 Å². The fourth-order valence-corrected chi connectivity index (χ4v) is 2.06. The van der Waals surface area contributed by atoms with Crippen molar-refractivity contribution in [1.82, 2.24) is 0 Å². The lowest BCUT2D eigenvalue weighted by atomic mass is 10.1. The normalized spacial score (nSPS) is 10.3. The number of esters is 1. The molecule has 0 saturated carbocycles. The van der Waals surface area contributed by atoms with Gasteiger partial charge in [0, 0.05) is 12.2 Å². The van der Waals surface area contributed by atoms with Gasteiger partial charge in [-0.2, -0.15) is 0 Å². The molecule has 5 nitrogen and oxygen atoms in total. The van der Waals surface area contributed by atoms with E-state index >= 15 is 0 Å². The summed E-state index contributed by atoms with van der Waals surface area (Å²) in [6.07, 6.45) is 1.63. The van der Waals surface area contributed by atoms with Crippen LogP contribution >= 0.6 is 0 Å². The minimum absolute atomic E-state index is 0.398. The lowest BCUT2D eigenvalue weighted by molar-refractivity contribution is 0.0601. The van der Waals surface area contributed by atoms with Gasteiger partial charge in [0.15, 0.2) is 0 Å². The van der Waals surface area contributed by atoms with Gasteiger partial charge in [-0.1, -0.05) is 0 Å². The largest absolute Gasteiger partial charge is 0.467 e. The van der Waals surface area contributed by atoms with Crippen LogP contribution in [0.2, 0.25) is 0 Å². The molecule has 0 aliphatic rings. The first kappa shape index (κ1) is 14.0. The molecule has 0 spiro atoms. The highest BCUT2D eigenvalue weighted by Gasteiger charge is 2.17. The number of hydrogen-bond donors (Lipinski definition) is 1. The van der Waals surface area contributed by atoms with E-state index in [1.165, 1.54) is 7.11 Å². The Kier molecular flexibility index (Phi) is 4.30. The highest BCUT2D eigenvalue weighted by molar-refractivity contribution is 5.96. The summed E-state index contributed by atoms with van der Waals surface area (Å²) in [5.41, 5.74) is 7.53. The third-order valence-corrected chi connectivity index (χ3v) is 3.08. The van der Waals surface area contributed by atoms with Crippen LogP contribution in [-0.2, 0) is 11.3 Å². The summed E-state index contributed by atoms with van der Waals surface area (Å²) >= 11 is 0. The predicted octanol–water partition coefficient (Wildman–Crippen LogP) is 2.67. The molecule has 5 heteroatoms. The van der Waals surface area contributed by atoms with Crippen molar-refractivity contribution in [1.29, 1.82) is 0 Å². The van der Waals surface area contributed by atoms with Crippen LogP contribution in [0.1, 0.15) is 23.0 Å². The number of nitrogens with zero attached hydrogens (tertiary/aromatic N) is 1. The van der Waals surface area contributed by atoms with Crippen LogP contribution < -0.4 is 10.6 Å². The van der Waals surface area contributed by atoms with E-state index in [0.29, 0.717) is 17.8 Å². The topological polar surface area (TPSA) is 68.7 Å². The number of nitrogen functional groups attached to an aromatic ring is 1. The highest BCUT2D eigenvalue weighted by Crippen LogP contribution is 2.25. The van der Waals surface area contributed by atoms with Crippen LogP contribution in [0.5, 0.6) is 0 Å². The molecule has 1 aromatic carbocycles. The molecule has 0 unspecified atom stereocenters. The average molecular weight is 274 g/mol. The van der Waals surface area contributed by atoms with Gasteiger partial charge in [0.2, 0.25) is 0 Å². The molecule has 1 aromatic heterocycles. The number of nitrogens with two attached hydrogens (primary N) is 1. The minimum atomic E-state index is -0.398. The Bertz CT molecular complexity index is 579. The van der Waals surface area contributed by atoms with Crippen molar-refractivity contribution >= 4 is 17.3 Å². The molecule has 0 atom stereocenters. The number of benzene rings is 1. The van der Waals surface area contributed by atoms with Crippen LogP contribution in [0.4, 0.5) is 11.4 Å². The maximum atomic E-state index is 11.9. The van der Waals surface area contributed by atoms with Crippen molar-refractivity contribution in [3.05, 3.63) is 47.9 Å². The van der Waals surface area contributed by atoms with Crippen molar-refractivity contribution in [2.24, 2.45) is 0 Å². The molecule has 106 valence electrons. The van der Waals surface area contributed by atoms with E-state index in [1.807, 2.05) is 30.0 Å². The summed E-state index contributed by atoms with van der Waals surface area (Å²) < 4.78 is 10.2. The second-order valence-electron chi connectivity index (χ2n) is 4.36. The van der Waals surface area contributed by atoms with Crippen molar-refractivity contribution in [2.75, 3.05) is 24.3 Å². The van der Waals surface area contributed by atoms with E-state index in [0.717, 1.165) is 18.0 Å². The second-order valence-corrected chi connectivity index (χ2v) is 4.36. The van der Waals surface area contributed by atoms with E-state index in [9.17, 15) is 4.79 Å². The van der Waals surface area contributed by atoms with E-state index in [-0.39, 0.29) is 0 Å². The molecule has 2 rings (SSSR count). The molecule has 0 aliphatic heterocycles. The third-order valence-electron chi connectivity index (χ3n) is 3.08. The molecular formula is C15H18N2O3. The van der Waals surface area contributed by atoms with Crippen LogP contribution in [0.15, 0.2) is 41.0 Å². The molecule has 2 aromatic rings. The zero-order valence-electron chi connectivity index (χ0n) is 11.6. The summed E-state index contributed by atoms with van der Waals surface area (Å²) in [4.78, 5) is 13.9. The van der Waals surface area contributed by atoms with Crippen LogP contribution in [-0.4, -0.2) is 19.6 Å². The second kappa shape index (κ2) is 6.14. The highest BCUT2D eigenvalue weighted by atomic mass is 16.5. The van der Waals surface area contributed by atoms with Crippen molar-refractivity contribution in [2.45, 2.75) is 13.5 Å². The first-order chi connectivity index (χ1) is 9.65. The molecular weight excluding hydrogens is 256 g/mol. The number of ether oxygens (including phenoxy) is 1. The van der Waals surface area contributed by atoms with E-state index in [2.05, 4.69) is 0 Å². The zero-order chi connectivity index (χ0) is 14.5. The number of hydrogen-bond acceptors (Lipinski definition) is 5. The molecule has 20 heavy (non-hydrogen) atoms.